The van der Waals surface area contributed by atoms with Crippen LogP contribution in [0.1, 0.15) is 6.42 Å². The number of hydrogen-bond donors (Lipinski definition) is 1. The number of carbonyl (C=O) groups is 1. The van der Waals surface area contributed by atoms with E-state index >= 15 is 0 Å². The maximum absolute atomic E-state index is 12.7. The van der Waals surface area contributed by atoms with Crippen molar-refractivity contribution in [3.63, 3.8) is 0 Å². The Hall–Kier alpha value is -2.30. The van der Waals surface area contributed by atoms with Crippen LogP contribution in [0.3, 0.4) is 0 Å². The van der Waals surface area contributed by atoms with Crippen molar-refractivity contribution >= 4 is 21.6 Å². The molecule has 3 rings (SSSR count). The molecule has 3 heterocycles. The minimum absolute atomic E-state index is 0.159. The molecule has 2 aromatic rings. The molecular formula is C15H19N5O4S. The number of rotatable bonds is 5. The van der Waals surface area contributed by atoms with Crippen molar-refractivity contribution in [2.75, 3.05) is 25.2 Å². The van der Waals surface area contributed by atoms with Gasteiger partial charge in [-0.1, -0.05) is 0 Å². The van der Waals surface area contributed by atoms with Gasteiger partial charge in [0.05, 0.1) is 29.9 Å². The second-order valence-electron chi connectivity index (χ2n) is 5.77. The van der Waals surface area contributed by atoms with Gasteiger partial charge in [-0.2, -0.15) is 9.40 Å². The van der Waals surface area contributed by atoms with Crippen LogP contribution in [-0.4, -0.2) is 65.5 Å². The Balaban J connectivity index is 1.85. The maximum atomic E-state index is 12.7. The fourth-order valence-electron chi connectivity index (χ4n) is 2.85. The summed E-state index contributed by atoms with van der Waals surface area (Å²) in [6, 6.07) is 2.65. The summed E-state index contributed by atoms with van der Waals surface area (Å²) < 4.78 is 32.0. The number of anilines is 1. The molecule has 10 heteroatoms. The van der Waals surface area contributed by atoms with E-state index in [9.17, 15) is 13.2 Å². The molecule has 0 spiro atoms. The second-order valence-corrected chi connectivity index (χ2v) is 7.71. The Morgan fingerprint density at radius 1 is 1.40 bits per heavy atom. The standard InChI is InChI=1S/C15H19N5O4S/c1-24-11-8-14(20(10-11)25(2,22)23)15(21)18-12-9-16-6-4-13(12)19-7-3-5-17-19/h3-7,9,11,14H,8,10H2,1-2H3,(H,18,21)/t11-,14+/m0/s1. The van der Waals surface area contributed by atoms with Gasteiger partial charge in [-0.3, -0.25) is 9.78 Å². The number of carbonyl (C=O) groups excluding carboxylic acids is 1. The average molecular weight is 365 g/mol. The third-order valence-corrected chi connectivity index (χ3v) is 5.34. The molecular weight excluding hydrogens is 346 g/mol. The lowest BCUT2D eigenvalue weighted by atomic mass is 10.2. The summed E-state index contributed by atoms with van der Waals surface area (Å²) in [6.07, 6.45) is 7.53. The van der Waals surface area contributed by atoms with Gasteiger partial charge in [-0.05, 0) is 12.1 Å². The maximum Gasteiger partial charge on any atom is 0.243 e. The number of amides is 1. The first kappa shape index (κ1) is 17.5. The molecule has 2 aromatic heterocycles. The highest BCUT2D eigenvalue weighted by Crippen LogP contribution is 2.25. The Bertz CT molecular complexity index is 853. The van der Waals surface area contributed by atoms with Crippen LogP contribution in [0.15, 0.2) is 36.9 Å². The Morgan fingerprint density at radius 2 is 2.20 bits per heavy atom. The first-order valence-electron chi connectivity index (χ1n) is 7.64. The van der Waals surface area contributed by atoms with E-state index in [0.29, 0.717) is 17.8 Å². The van der Waals surface area contributed by atoms with Gasteiger partial charge in [0.2, 0.25) is 15.9 Å². The highest BCUT2D eigenvalue weighted by molar-refractivity contribution is 7.88. The van der Waals surface area contributed by atoms with E-state index in [2.05, 4.69) is 15.4 Å². The molecule has 0 radical (unpaired) electrons. The third-order valence-electron chi connectivity index (χ3n) is 4.09. The van der Waals surface area contributed by atoms with Gasteiger partial charge < -0.3 is 10.1 Å². The molecule has 2 atom stereocenters. The molecule has 9 nitrogen and oxygen atoms in total. The largest absolute Gasteiger partial charge is 0.380 e. The minimum atomic E-state index is -3.53. The molecule has 1 fully saturated rings. The molecule has 1 amide bonds. The van der Waals surface area contributed by atoms with Crippen molar-refractivity contribution in [1.29, 1.82) is 0 Å². The van der Waals surface area contributed by atoms with Crippen molar-refractivity contribution in [1.82, 2.24) is 19.1 Å². The van der Waals surface area contributed by atoms with Gasteiger partial charge in [-0.15, -0.1) is 0 Å². The summed E-state index contributed by atoms with van der Waals surface area (Å²) in [7, 11) is -2.02. The number of pyridine rings is 1. The van der Waals surface area contributed by atoms with Crippen LogP contribution in [0.5, 0.6) is 0 Å². The average Bonchev–Trinajstić information content (AvgIpc) is 3.24. The predicted octanol–water partition coefficient (Wildman–Crippen LogP) is 0.255. The molecule has 0 aromatic carbocycles. The molecule has 134 valence electrons. The van der Waals surface area contributed by atoms with Crippen LogP contribution in [0.25, 0.3) is 5.69 Å². The van der Waals surface area contributed by atoms with Crippen LogP contribution in [0.4, 0.5) is 5.69 Å². The van der Waals surface area contributed by atoms with Gasteiger partial charge >= 0.3 is 0 Å². The number of methoxy groups -OCH3 is 1. The van der Waals surface area contributed by atoms with Crippen molar-refractivity contribution in [3.05, 3.63) is 36.9 Å². The lowest BCUT2D eigenvalue weighted by molar-refractivity contribution is -0.119. The third kappa shape index (κ3) is 3.70. The predicted molar refractivity (Wildman–Crippen MR) is 90.7 cm³/mol. The number of nitrogens with zero attached hydrogens (tertiary/aromatic N) is 4. The van der Waals surface area contributed by atoms with Crippen molar-refractivity contribution < 1.29 is 17.9 Å². The molecule has 1 N–H and O–H groups in total. The van der Waals surface area contributed by atoms with Crippen LogP contribution in [-0.2, 0) is 19.6 Å². The van der Waals surface area contributed by atoms with Crippen molar-refractivity contribution in [2.24, 2.45) is 0 Å². The molecule has 25 heavy (non-hydrogen) atoms. The van der Waals surface area contributed by atoms with E-state index < -0.39 is 22.0 Å². The van der Waals surface area contributed by atoms with Gasteiger partial charge in [0.25, 0.3) is 0 Å². The van der Waals surface area contributed by atoms with E-state index in [1.807, 2.05) is 0 Å². The zero-order valence-electron chi connectivity index (χ0n) is 13.9. The Labute approximate surface area is 145 Å². The first-order chi connectivity index (χ1) is 11.9. The van der Waals surface area contributed by atoms with Gasteiger partial charge in [-0.25, -0.2) is 13.1 Å². The second kappa shape index (κ2) is 6.90. The van der Waals surface area contributed by atoms with Crippen LogP contribution in [0, 0.1) is 0 Å². The summed E-state index contributed by atoms with van der Waals surface area (Å²) >= 11 is 0. The zero-order chi connectivity index (χ0) is 18.0. The number of ether oxygens (including phenoxy) is 1. The van der Waals surface area contributed by atoms with Gasteiger partial charge in [0, 0.05) is 38.7 Å². The van der Waals surface area contributed by atoms with Crippen LogP contribution >= 0.6 is 0 Å². The highest BCUT2D eigenvalue weighted by atomic mass is 32.2. The smallest absolute Gasteiger partial charge is 0.243 e. The number of hydrogen-bond acceptors (Lipinski definition) is 6. The first-order valence-corrected chi connectivity index (χ1v) is 9.49. The summed E-state index contributed by atoms with van der Waals surface area (Å²) in [6.45, 7) is 0.159. The van der Waals surface area contributed by atoms with E-state index in [-0.39, 0.29) is 12.6 Å². The van der Waals surface area contributed by atoms with Crippen molar-refractivity contribution in [3.8, 4) is 5.69 Å². The van der Waals surface area contributed by atoms with Crippen molar-refractivity contribution in [2.45, 2.75) is 18.6 Å². The summed E-state index contributed by atoms with van der Waals surface area (Å²) in [4.78, 5) is 16.7. The monoisotopic (exact) mass is 365 g/mol. The number of sulfonamides is 1. The minimum Gasteiger partial charge on any atom is -0.380 e. The molecule has 0 bridgehead atoms. The highest BCUT2D eigenvalue weighted by Gasteiger charge is 2.42. The lowest BCUT2D eigenvalue weighted by Gasteiger charge is -2.21. The SMILES string of the molecule is CO[C@H]1C[C@H](C(=O)Nc2cnccc2-n2cccn2)N(S(C)(=O)=O)C1. The topological polar surface area (TPSA) is 106 Å². The molecule has 1 aliphatic heterocycles. The summed E-state index contributed by atoms with van der Waals surface area (Å²) in [5, 5.41) is 6.91. The number of nitrogens with one attached hydrogen (secondary N) is 1. The lowest BCUT2D eigenvalue weighted by Crippen LogP contribution is -2.42. The summed E-state index contributed by atoms with van der Waals surface area (Å²) in [5.74, 6) is -0.425. The van der Waals surface area contributed by atoms with E-state index in [1.54, 1.807) is 35.4 Å². The molecule has 0 aliphatic carbocycles. The van der Waals surface area contributed by atoms with Crippen LogP contribution < -0.4 is 5.32 Å². The van der Waals surface area contributed by atoms with Gasteiger partial charge in [0.1, 0.15) is 6.04 Å². The Morgan fingerprint density at radius 3 is 2.84 bits per heavy atom. The number of aromatic nitrogens is 3. The summed E-state index contributed by atoms with van der Waals surface area (Å²) in [5.41, 5.74) is 1.09. The van der Waals surface area contributed by atoms with E-state index in [1.165, 1.54) is 17.6 Å². The molecule has 1 saturated heterocycles. The van der Waals surface area contributed by atoms with E-state index in [0.717, 1.165) is 6.26 Å². The fourth-order valence-corrected chi connectivity index (χ4v) is 3.94. The van der Waals surface area contributed by atoms with Gasteiger partial charge in [0.15, 0.2) is 0 Å². The molecule has 0 unspecified atom stereocenters. The Kier molecular flexibility index (Phi) is 4.84. The molecule has 0 saturated carbocycles. The zero-order valence-corrected chi connectivity index (χ0v) is 14.7. The quantitative estimate of drug-likeness (QED) is 0.814. The van der Waals surface area contributed by atoms with Crippen LogP contribution in [0.2, 0.25) is 0 Å². The normalized spacial score (nSPS) is 21.4. The fraction of sp³-hybridized carbons (Fsp3) is 0.400. The van der Waals surface area contributed by atoms with E-state index in [4.69, 9.17) is 4.74 Å². The molecule has 1 aliphatic rings.